The van der Waals surface area contributed by atoms with Crippen LogP contribution in [0.3, 0.4) is 0 Å². The average molecular weight is 416 g/mol. The second kappa shape index (κ2) is 5.88. The largest absolute Gasteiger partial charge is 0.280 e. The fourth-order valence-electron chi connectivity index (χ4n) is 2.28. The first-order chi connectivity index (χ1) is 10.1. The molecule has 6 heteroatoms. The SMILES string of the molecule is Cc1cnc2c(c1)nc(CCCl)n2-c1ccc(F)cc1I. The van der Waals surface area contributed by atoms with Crippen LogP contribution in [0.15, 0.2) is 30.5 Å². The van der Waals surface area contributed by atoms with E-state index in [1.807, 2.05) is 17.6 Å². The van der Waals surface area contributed by atoms with Gasteiger partial charge in [0.25, 0.3) is 0 Å². The molecule has 3 rings (SSSR count). The van der Waals surface area contributed by atoms with E-state index in [0.717, 1.165) is 31.8 Å². The average Bonchev–Trinajstić information content (AvgIpc) is 2.76. The van der Waals surface area contributed by atoms with E-state index >= 15 is 0 Å². The van der Waals surface area contributed by atoms with Crippen LogP contribution in [0.4, 0.5) is 4.39 Å². The molecule has 108 valence electrons. The molecule has 3 aromatic rings. The minimum atomic E-state index is -0.254. The fraction of sp³-hybridized carbons (Fsp3) is 0.200. The van der Waals surface area contributed by atoms with Gasteiger partial charge in [-0.05, 0) is 59.3 Å². The summed E-state index contributed by atoms with van der Waals surface area (Å²) < 4.78 is 16.1. The summed E-state index contributed by atoms with van der Waals surface area (Å²) in [6, 6.07) is 6.69. The number of aromatic nitrogens is 3. The molecule has 0 bridgehead atoms. The Labute approximate surface area is 140 Å². The lowest BCUT2D eigenvalue weighted by Crippen LogP contribution is -2.05. The standard InChI is InChI=1S/C15H12ClFIN3/c1-9-6-12-15(19-8-9)21(14(20-12)4-5-16)13-3-2-10(17)7-11(13)18/h2-3,6-8H,4-5H2,1H3. The van der Waals surface area contributed by atoms with Crippen molar-refractivity contribution in [1.29, 1.82) is 0 Å². The summed E-state index contributed by atoms with van der Waals surface area (Å²) in [7, 11) is 0. The normalized spacial score (nSPS) is 11.2. The van der Waals surface area contributed by atoms with Crippen molar-refractivity contribution >= 4 is 45.4 Å². The second-order valence-electron chi connectivity index (χ2n) is 4.75. The molecule has 0 aliphatic rings. The van der Waals surface area contributed by atoms with Crippen molar-refractivity contribution in [2.24, 2.45) is 0 Å². The first-order valence-electron chi connectivity index (χ1n) is 6.45. The first kappa shape index (κ1) is 14.7. The van der Waals surface area contributed by atoms with E-state index in [9.17, 15) is 4.39 Å². The van der Waals surface area contributed by atoms with E-state index in [1.165, 1.54) is 12.1 Å². The molecule has 0 amide bonds. The molecular weight excluding hydrogens is 404 g/mol. The maximum Gasteiger partial charge on any atom is 0.164 e. The molecule has 1 aromatic carbocycles. The van der Waals surface area contributed by atoms with E-state index < -0.39 is 0 Å². The van der Waals surface area contributed by atoms with E-state index in [2.05, 4.69) is 32.6 Å². The lowest BCUT2D eigenvalue weighted by atomic mass is 10.3. The Bertz CT molecular complexity index is 816. The smallest absolute Gasteiger partial charge is 0.164 e. The summed E-state index contributed by atoms with van der Waals surface area (Å²) in [4.78, 5) is 9.11. The summed E-state index contributed by atoms with van der Waals surface area (Å²) >= 11 is 8.01. The number of benzene rings is 1. The van der Waals surface area contributed by atoms with Crippen molar-refractivity contribution in [3.8, 4) is 5.69 Å². The Kier molecular flexibility index (Phi) is 4.12. The number of alkyl halides is 1. The molecule has 0 N–H and O–H groups in total. The molecule has 0 saturated heterocycles. The highest BCUT2D eigenvalue weighted by molar-refractivity contribution is 14.1. The van der Waals surface area contributed by atoms with Crippen LogP contribution < -0.4 is 0 Å². The van der Waals surface area contributed by atoms with Crippen LogP contribution in [0.25, 0.3) is 16.9 Å². The molecule has 2 heterocycles. The Morgan fingerprint density at radius 1 is 1.33 bits per heavy atom. The summed E-state index contributed by atoms with van der Waals surface area (Å²) in [5, 5.41) is 0. The highest BCUT2D eigenvalue weighted by Crippen LogP contribution is 2.25. The number of halogens is 3. The Hall–Kier alpha value is -1.21. The van der Waals surface area contributed by atoms with Crippen molar-refractivity contribution in [1.82, 2.24) is 14.5 Å². The van der Waals surface area contributed by atoms with Crippen molar-refractivity contribution < 1.29 is 4.39 Å². The molecule has 0 aliphatic heterocycles. The van der Waals surface area contributed by atoms with Crippen molar-refractivity contribution in [2.45, 2.75) is 13.3 Å². The van der Waals surface area contributed by atoms with Gasteiger partial charge in [-0.2, -0.15) is 0 Å². The van der Waals surface area contributed by atoms with Gasteiger partial charge in [0.05, 0.1) is 5.69 Å². The number of pyridine rings is 1. The van der Waals surface area contributed by atoms with Crippen LogP contribution in [-0.4, -0.2) is 20.4 Å². The number of hydrogen-bond donors (Lipinski definition) is 0. The molecule has 0 aliphatic carbocycles. The summed E-state index contributed by atoms with van der Waals surface area (Å²) in [5.41, 5.74) is 3.52. The molecule has 0 unspecified atom stereocenters. The van der Waals surface area contributed by atoms with Crippen molar-refractivity contribution in [3.63, 3.8) is 0 Å². The minimum Gasteiger partial charge on any atom is -0.280 e. The van der Waals surface area contributed by atoms with Crippen LogP contribution in [-0.2, 0) is 6.42 Å². The van der Waals surface area contributed by atoms with Gasteiger partial charge < -0.3 is 0 Å². The Morgan fingerprint density at radius 3 is 2.86 bits per heavy atom. The number of hydrogen-bond acceptors (Lipinski definition) is 2. The molecule has 21 heavy (non-hydrogen) atoms. The lowest BCUT2D eigenvalue weighted by molar-refractivity contribution is 0.626. The molecule has 0 fully saturated rings. The van der Waals surface area contributed by atoms with Gasteiger partial charge >= 0.3 is 0 Å². The van der Waals surface area contributed by atoms with Gasteiger partial charge in [-0.25, -0.2) is 14.4 Å². The summed E-state index contributed by atoms with van der Waals surface area (Å²) in [5.74, 6) is 1.05. The summed E-state index contributed by atoms with van der Waals surface area (Å²) in [6.07, 6.45) is 2.44. The maximum atomic E-state index is 13.3. The van der Waals surface area contributed by atoms with E-state index in [1.54, 1.807) is 12.3 Å². The third kappa shape index (κ3) is 2.76. The predicted molar refractivity (Wildman–Crippen MR) is 90.7 cm³/mol. The molecule has 0 spiro atoms. The quantitative estimate of drug-likeness (QED) is 0.473. The van der Waals surface area contributed by atoms with Crippen molar-refractivity contribution in [3.05, 3.63) is 51.2 Å². The van der Waals surface area contributed by atoms with E-state index in [-0.39, 0.29) is 5.82 Å². The van der Waals surface area contributed by atoms with Gasteiger partial charge in [0.15, 0.2) is 5.65 Å². The monoisotopic (exact) mass is 415 g/mol. The fourth-order valence-corrected chi connectivity index (χ4v) is 3.17. The van der Waals surface area contributed by atoms with Gasteiger partial charge in [-0.1, -0.05) is 0 Å². The first-order valence-corrected chi connectivity index (χ1v) is 8.07. The van der Waals surface area contributed by atoms with Gasteiger partial charge in [0, 0.05) is 22.1 Å². The van der Waals surface area contributed by atoms with Crippen molar-refractivity contribution in [2.75, 3.05) is 5.88 Å². The van der Waals surface area contributed by atoms with Crippen LogP contribution in [0.2, 0.25) is 0 Å². The highest BCUT2D eigenvalue weighted by atomic mass is 127. The summed E-state index contributed by atoms with van der Waals surface area (Å²) in [6.45, 7) is 1.98. The van der Waals surface area contributed by atoms with Gasteiger partial charge in [0.2, 0.25) is 0 Å². The second-order valence-corrected chi connectivity index (χ2v) is 6.29. The number of aryl methyl sites for hydroxylation is 2. The predicted octanol–water partition coefficient (Wildman–Crippen LogP) is 4.25. The Balaban J connectivity index is 2.30. The number of fused-ring (bicyclic) bond motifs is 1. The van der Waals surface area contributed by atoms with Crippen LogP contribution >= 0.6 is 34.2 Å². The van der Waals surface area contributed by atoms with Gasteiger partial charge in [-0.3, -0.25) is 4.57 Å². The Morgan fingerprint density at radius 2 is 2.14 bits per heavy atom. The maximum absolute atomic E-state index is 13.3. The molecule has 0 atom stereocenters. The molecule has 0 radical (unpaired) electrons. The lowest BCUT2D eigenvalue weighted by Gasteiger charge is -2.10. The van der Waals surface area contributed by atoms with E-state index in [0.29, 0.717) is 12.3 Å². The molecule has 3 nitrogen and oxygen atoms in total. The number of imidazole rings is 1. The zero-order chi connectivity index (χ0) is 15.0. The van der Waals surface area contributed by atoms with E-state index in [4.69, 9.17) is 11.6 Å². The molecule has 0 saturated carbocycles. The van der Waals surface area contributed by atoms with Gasteiger partial charge in [0.1, 0.15) is 17.2 Å². The van der Waals surface area contributed by atoms with Crippen LogP contribution in [0.5, 0.6) is 0 Å². The minimum absolute atomic E-state index is 0.254. The molecule has 2 aromatic heterocycles. The molecular formula is C15H12ClFIN3. The number of nitrogens with zero attached hydrogens (tertiary/aromatic N) is 3. The van der Waals surface area contributed by atoms with Crippen LogP contribution in [0.1, 0.15) is 11.4 Å². The number of rotatable bonds is 3. The third-order valence-corrected chi connectivity index (χ3v) is 4.23. The third-order valence-electron chi connectivity index (χ3n) is 3.17. The zero-order valence-electron chi connectivity index (χ0n) is 11.3. The topological polar surface area (TPSA) is 30.7 Å². The highest BCUT2D eigenvalue weighted by Gasteiger charge is 2.15. The van der Waals surface area contributed by atoms with Gasteiger partial charge in [-0.15, -0.1) is 11.6 Å². The van der Waals surface area contributed by atoms with Crippen LogP contribution in [0, 0.1) is 16.3 Å². The zero-order valence-corrected chi connectivity index (χ0v) is 14.2.